The van der Waals surface area contributed by atoms with Crippen molar-refractivity contribution in [2.75, 3.05) is 0 Å². The number of nitrogens with zero attached hydrogens (tertiary/aromatic N) is 5. The van der Waals surface area contributed by atoms with E-state index in [9.17, 15) is 0 Å². The first kappa shape index (κ1) is 30.3. The molecule has 11 rings (SSSR count). The molecule has 5 heteroatoms. The van der Waals surface area contributed by atoms with Crippen molar-refractivity contribution in [1.82, 2.24) is 24.1 Å². The lowest BCUT2D eigenvalue weighted by molar-refractivity contribution is 1.07. The molecular weight excluding hydrogens is 659 g/mol. The van der Waals surface area contributed by atoms with Crippen LogP contribution < -0.4 is 0 Å². The average Bonchev–Trinajstić information content (AvgIpc) is 3.75. The van der Waals surface area contributed by atoms with Gasteiger partial charge in [-0.15, -0.1) is 0 Å². The number of aromatic nitrogens is 5. The normalized spacial score (nSPS) is 11.7. The average molecular weight is 690 g/mol. The number of para-hydroxylation sites is 3. The van der Waals surface area contributed by atoms with Gasteiger partial charge in [-0.05, 0) is 65.4 Å². The monoisotopic (exact) mass is 689 g/mol. The predicted octanol–water partition coefficient (Wildman–Crippen LogP) is 12.2. The van der Waals surface area contributed by atoms with Crippen LogP contribution in [0.4, 0.5) is 0 Å². The molecule has 0 aliphatic heterocycles. The van der Waals surface area contributed by atoms with Crippen molar-refractivity contribution < 1.29 is 0 Å². The van der Waals surface area contributed by atoms with Crippen LogP contribution in [-0.4, -0.2) is 24.1 Å². The molecule has 0 radical (unpaired) electrons. The summed E-state index contributed by atoms with van der Waals surface area (Å²) >= 11 is 0. The second kappa shape index (κ2) is 12.1. The fraction of sp³-hybridized carbons (Fsp3) is 0. The fourth-order valence-corrected chi connectivity index (χ4v) is 8.04. The van der Waals surface area contributed by atoms with Crippen LogP contribution in [0.15, 0.2) is 188 Å². The van der Waals surface area contributed by atoms with Gasteiger partial charge in [0.15, 0.2) is 17.5 Å². The van der Waals surface area contributed by atoms with Crippen LogP contribution in [0.5, 0.6) is 0 Å². The second-order valence-corrected chi connectivity index (χ2v) is 13.7. The summed E-state index contributed by atoms with van der Waals surface area (Å²) in [4.78, 5) is 14.9. The number of fused-ring (bicyclic) bond motifs is 7. The minimum Gasteiger partial charge on any atom is -0.309 e. The first-order valence-corrected chi connectivity index (χ1v) is 18.2. The third-order valence-corrected chi connectivity index (χ3v) is 10.5. The van der Waals surface area contributed by atoms with Gasteiger partial charge in [0.1, 0.15) is 0 Å². The van der Waals surface area contributed by atoms with Crippen molar-refractivity contribution in [1.29, 1.82) is 0 Å². The zero-order chi connectivity index (χ0) is 35.6. The zero-order valence-electron chi connectivity index (χ0n) is 29.1. The highest BCUT2D eigenvalue weighted by atomic mass is 15.0. The minimum absolute atomic E-state index is 0.633. The Bertz CT molecular complexity index is 3100. The molecule has 0 aliphatic rings. The molecule has 0 aliphatic carbocycles. The second-order valence-electron chi connectivity index (χ2n) is 13.7. The Labute approximate surface area is 311 Å². The zero-order valence-corrected chi connectivity index (χ0v) is 29.1. The van der Waals surface area contributed by atoms with E-state index in [0.29, 0.717) is 17.5 Å². The molecular formula is C49H31N5. The first-order chi connectivity index (χ1) is 26.8. The number of hydrogen-bond acceptors (Lipinski definition) is 3. The van der Waals surface area contributed by atoms with E-state index in [1.165, 1.54) is 43.4 Å². The van der Waals surface area contributed by atoms with E-state index in [2.05, 4.69) is 137 Å². The molecule has 5 nitrogen and oxygen atoms in total. The summed E-state index contributed by atoms with van der Waals surface area (Å²) < 4.78 is 4.75. The van der Waals surface area contributed by atoms with Gasteiger partial charge in [0.2, 0.25) is 0 Å². The highest BCUT2D eigenvalue weighted by molar-refractivity contribution is 6.14. The van der Waals surface area contributed by atoms with Gasteiger partial charge in [-0.3, -0.25) is 0 Å². The Morgan fingerprint density at radius 2 is 0.741 bits per heavy atom. The number of benzene rings is 8. The van der Waals surface area contributed by atoms with Gasteiger partial charge in [-0.1, -0.05) is 133 Å². The van der Waals surface area contributed by atoms with E-state index in [4.69, 9.17) is 15.0 Å². The van der Waals surface area contributed by atoms with Gasteiger partial charge < -0.3 is 9.13 Å². The van der Waals surface area contributed by atoms with Crippen LogP contribution in [0.2, 0.25) is 0 Å². The Morgan fingerprint density at radius 3 is 1.33 bits per heavy atom. The van der Waals surface area contributed by atoms with Crippen molar-refractivity contribution in [3.63, 3.8) is 0 Å². The van der Waals surface area contributed by atoms with E-state index >= 15 is 0 Å². The summed E-state index contributed by atoms with van der Waals surface area (Å²) in [5, 5.41) is 7.33. The lowest BCUT2D eigenvalue weighted by Gasteiger charge is -2.12. The summed E-state index contributed by atoms with van der Waals surface area (Å²) in [6.07, 6.45) is 0. The van der Waals surface area contributed by atoms with Gasteiger partial charge in [0.05, 0.1) is 22.1 Å². The van der Waals surface area contributed by atoms with E-state index in [1.54, 1.807) is 0 Å². The third-order valence-electron chi connectivity index (χ3n) is 10.5. The summed E-state index contributed by atoms with van der Waals surface area (Å²) in [7, 11) is 0. The fourth-order valence-electron chi connectivity index (χ4n) is 8.04. The molecule has 0 saturated heterocycles. The topological polar surface area (TPSA) is 48.5 Å². The molecule has 0 fully saturated rings. The van der Waals surface area contributed by atoms with Crippen LogP contribution in [0.1, 0.15) is 0 Å². The Balaban J connectivity index is 1.08. The molecule has 54 heavy (non-hydrogen) atoms. The highest BCUT2D eigenvalue weighted by Crippen LogP contribution is 2.38. The van der Waals surface area contributed by atoms with Crippen LogP contribution in [0, 0.1) is 0 Å². The van der Waals surface area contributed by atoms with E-state index in [0.717, 1.165) is 39.1 Å². The molecule has 0 unspecified atom stereocenters. The van der Waals surface area contributed by atoms with E-state index in [1.807, 2.05) is 60.7 Å². The van der Waals surface area contributed by atoms with Crippen molar-refractivity contribution in [2.45, 2.75) is 0 Å². The molecule has 0 saturated carbocycles. The molecule has 0 bridgehead atoms. The lowest BCUT2D eigenvalue weighted by atomic mass is 10.1. The van der Waals surface area contributed by atoms with Crippen molar-refractivity contribution in [3.05, 3.63) is 188 Å². The van der Waals surface area contributed by atoms with Gasteiger partial charge >= 0.3 is 0 Å². The van der Waals surface area contributed by atoms with Gasteiger partial charge in [0.25, 0.3) is 0 Å². The van der Waals surface area contributed by atoms with Gasteiger partial charge in [-0.2, -0.15) is 0 Å². The van der Waals surface area contributed by atoms with Crippen LogP contribution in [-0.2, 0) is 0 Å². The standard InChI is InChI=1S/C49H31N5/c1-3-14-32(15-4-1)47-50-48(33-16-5-2-6-17-33)52-49(51-47)35-18-13-19-37(28-35)54-45-25-12-9-22-41(45)42-30-36-29-38(27-26-34(36)31-46(42)54)53-43-23-10-7-20-39(43)40-21-8-11-24-44(40)53/h1-31H. The van der Waals surface area contributed by atoms with Crippen molar-refractivity contribution in [3.8, 4) is 45.5 Å². The van der Waals surface area contributed by atoms with Crippen LogP contribution >= 0.6 is 0 Å². The molecule has 0 atom stereocenters. The third kappa shape index (κ3) is 4.83. The van der Waals surface area contributed by atoms with Gasteiger partial charge in [-0.25, -0.2) is 15.0 Å². The first-order valence-electron chi connectivity index (χ1n) is 18.2. The van der Waals surface area contributed by atoms with Crippen LogP contribution in [0.3, 0.4) is 0 Å². The minimum atomic E-state index is 0.633. The Kier molecular flexibility index (Phi) is 6.79. The van der Waals surface area contributed by atoms with E-state index in [-0.39, 0.29) is 0 Å². The molecule has 0 amide bonds. The maximum absolute atomic E-state index is 5.02. The largest absolute Gasteiger partial charge is 0.309 e. The van der Waals surface area contributed by atoms with Crippen molar-refractivity contribution in [2.24, 2.45) is 0 Å². The molecule has 0 spiro atoms. The molecule has 252 valence electrons. The maximum Gasteiger partial charge on any atom is 0.164 e. The predicted molar refractivity (Wildman–Crippen MR) is 222 cm³/mol. The summed E-state index contributed by atoms with van der Waals surface area (Å²) in [6, 6.07) is 66.3. The Hall–Kier alpha value is -7.37. The van der Waals surface area contributed by atoms with Gasteiger partial charge in [0, 0.05) is 49.6 Å². The summed E-state index contributed by atoms with van der Waals surface area (Å²) in [5.41, 5.74) is 9.73. The quantitative estimate of drug-likeness (QED) is 0.181. The maximum atomic E-state index is 5.02. The molecule has 11 aromatic rings. The van der Waals surface area contributed by atoms with E-state index < -0.39 is 0 Å². The van der Waals surface area contributed by atoms with Crippen LogP contribution in [0.25, 0.3) is 99.9 Å². The number of hydrogen-bond donors (Lipinski definition) is 0. The molecule has 3 heterocycles. The van der Waals surface area contributed by atoms with Crippen molar-refractivity contribution >= 4 is 54.4 Å². The molecule has 3 aromatic heterocycles. The molecule has 8 aromatic carbocycles. The SMILES string of the molecule is c1ccc(-c2nc(-c3ccccc3)nc(-c3cccc(-n4c5ccccc5c5cc6cc(-n7c8ccccc8c8ccccc87)ccc6cc54)c3)n2)cc1. The molecule has 0 N–H and O–H groups in total. The smallest absolute Gasteiger partial charge is 0.164 e. The summed E-state index contributed by atoms with van der Waals surface area (Å²) in [5.74, 6) is 1.93. The summed E-state index contributed by atoms with van der Waals surface area (Å²) in [6.45, 7) is 0. The number of rotatable bonds is 5. The highest BCUT2D eigenvalue weighted by Gasteiger charge is 2.17. The Morgan fingerprint density at radius 1 is 0.278 bits per heavy atom. The lowest BCUT2D eigenvalue weighted by Crippen LogP contribution is -2.01.